The van der Waals surface area contributed by atoms with Crippen molar-refractivity contribution in [3.8, 4) is 0 Å². The third-order valence-corrected chi connectivity index (χ3v) is 5.35. The summed E-state index contributed by atoms with van der Waals surface area (Å²) in [5, 5.41) is 3.15. The Bertz CT molecular complexity index is 498. The number of rotatable bonds is 1. The summed E-state index contributed by atoms with van der Waals surface area (Å²) in [7, 11) is -1.43. The molecule has 1 aliphatic rings. The number of benzene rings is 1. The van der Waals surface area contributed by atoms with Crippen LogP contribution in [0.1, 0.15) is 18.5 Å². The Kier molecular flexibility index (Phi) is 2.53. The van der Waals surface area contributed by atoms with E-state index in [1.54, 1.807) is 32.2 Å². The highest BCUT2D eigenvalue weighted by Gasteiger charge is 2.41. The highest BCUT2D eigenvalue weighted by Crippen LogP contribution is 2.39. The van der Waals surface area contributed by atoms with Gasteiger partial charge in [0.05, 0.1) is 16.2 Å². The van der Waals surface area contributed by atoms with Crippen LogP contribution in [0.3, 0.4) is 0 Å². The van der Waals surface area contributed by atoms with E-state index in [9.17, 15) is 8.42 Å². The molecule has 82 valence electrons. The first-order valence-electron chi connectivity index (χ1n) is 4.69. The molecule has 0 saturated carbocycles. The van der Waals surface area contributed by atoms with Crippen LogP contribution in [-0.2, 0) is 9.84 Å². The summed E-state index contributed by atoms with van der Waals surface area (Å²) in [4.78, 5) is 0.402. The van der Waals surface area contributed by atoms with E-state index in [-0.39, 0.29) is 6.04 Å². The maximum atomic E-state index is 12.0. The zero-order valence-corrected chi connectivity index (χ0v) is 10.1. The van der Waals surface area contributed by atoms with E-state index in [2.05, 4.69) is 5.32 Å². The topological polar surface area (TPSA) is 46.2 Å². The fourth-order valence-corrected chi connectivity index (χ4v) is 4.04. The quantitative estimate of drug-likeness (QED) is 0.821. The molecule has 1 aromatic rings. The van der Waals surface area contributed by atoms with Gasteiger partial charge < -0.3 is 5.32 Å². The first-order chi connectivity index (χ1) is 6.98. The van der Waals surface area contributed by atoms with Crippen molar-refractivity contribution in [3.63, 3.8) is 0 Å². The number of halogens is 1. The first kappa shape index (κ1) is 10.9. The van der Waals surface area contributed by atoms with Gasteiger partial charge in [-0.15, -0.1) is 0 Å². The molecule has 0 saturated heterocycles. The molecule has 3 nitrogen and oxygen atoms in total. The van der Waals surface area contributed by atoms with E-state index < -0.39 is 15.1 Å². The second kappa shape index (κ2) is 3.47. The number of fused-ring (bicyclic) bond motifs is 1. The molecule has 0 radical (unpaired) electrons. The van der Waals surface area contributed by atoms with Crippen molar-refractivity contribution in [1.29, 1.82) is 0 Å². The molecule has 0 aromatic heterocycles. The van der Waals surface area contributed by atoms with Gasteiger partial charge in [-0.05, 0) is 37.7 Å². The van der Waals surface area contributed by atoms with Gasteiger partial charge in [0.25, 0.3) is 0 Å². The van der Waals surface area contributed by atoms with Crippen LogP contribution < -0.4 is 5.32 Å². The molecule has 0 fully saturated rings. The minimum Gasteiger partial charge on any atom is -0.312 e. The molecule has 1 N–H and O–H groups in total. The summed E-state index contributed by atoms with van der Waals surface area (Å²) in [5.74, 6) is 0. The number of hydrogen-bond donors (Lipinski definition) is 1. The average molecular weight is 246 g/mol. The SMILES string of the molecule is CNC1c2cc(Cl)ccc2S(=O)(=O)C1C. The summed E-state index contributed by atoms with van der Waals surface area (Å²) in [6.45, 7) is 1.71. The maximum absolute atomic E-state index is 12.0. The van der Waals surface area contributed by atoms with Crippen LogP contribution in [0.25, 0.3) is 0 Å². The van der Waals surface area contributed by atoms with Crippen molar-refractivity contribution in [2.75, 3.05) is 7.05 Å². The zero-order chi connectivity index (χ0) is 11.2. The largest absolute Gasteiger partial charge is 0.312 e. The standard InChI is InChI=1S/C10H12ClNO2S/c1-6-10(12-2)8-5-7(11)3-4-9(8)15(6,13)14/h3-6,10,12H,1-2H3. The van der Waals surface area contributed by atoms with Crippen molar-refractivity contribution in [3.05, 3.63) is 28.8 Å². The molecule has 5 heteroatoms. The lowest BCUT2D eigenvalue weighted by molar-refractivity contribution is 0.553. The van der Waals surface area contributed by atoms with Gasteiger partial charge in [0.1, 0.15) is 0 Å². The molecule has 1 heterocycles. The molecule has 0 aliphatic carbocycles. The second-order valence-corrected chi connectivity index (χ2v) is 6.41. The fourth-order valence-electron chi connectivity index (χ4n) is 2.04. The third-order valence-electron chi connectivity index (χ3n) is 2.88. The predicted octanol–water partition coefficient (Wildman–Crippen LogP) is 1.78. The summed E-state index contributed by atoms with van der Waals surface area (Å²) < 4.78 is 24.0. The number of sulfone groups is 1. The van der Waals surface area contributed by atoms with Crippen LogP contribution in [0.2, 0.25) is 5.02 Å². The van der Waals surface area contributed by atoms with Gasteiger partial charge in [-0.25, -0.2) is 8.42 Å². The summed E-state index contributed by atoms with van der Waals surface area (Å²) in [6.07, 6.45) is 0. The first-order valence-corrected chi connectivity index (χ1v) is 6.61. The fraction of sp³-hybridized carbons (Fsp3) is 0.400. The van der Waals surface area contributed by atoms with E-state index in [0.29, 0.717) is 9.92 Å². The van der Waals surface area contributed by atoms with E-state index >= 15 is 0 Å². The molecule has 0 amide bonds. The summed E-state index contributed by atoms with van der Waals surface area (Å²) in [5.41, 5.74) is 0.775. The lowest BCUT2D eigenvalue weighted by atomic mass is 10.1. The lowest BCUT2D eigenvalue weighted by Crippen LogP contribution is -2.26. The van der Waals surface area contributed by atoms with Crippen molar-refractivity contribution in [2.45, 2.75) is 23.1 Å². The van der Waals surface area contributed by atoms with Gasteiger partial charge in [-0.2, -0.15) is 0 Å². The van der Waals surface area contributed by atoms with Gasteiger partial charge in [-0.1, -0.05) is 11.6 Å². The molecule has 2 rings (SSSR count). The van der Waals surface area contributed by atoms with E-state index in [0.717, 1.165) is 5.56 Å². The Balaban J connectivity index is 2.70. The summed E-state index contributed by atoms with van der Waals surface area (Å²) in [6, 6.07) is 4.76. The Morgan fingerprint density at radius 3 is 2.67 bits per heavy atom. The van der Waals surface area contributed by atoms with Gasteiger partial charge in [0.2, 0.25) is 0 Å². The van der Waals surface area contributed by atoms with Crippen molar-refractivity contribution in [1.82, 2.24) is 5.32 Å². The molecule has 1 aromatic carbocycles. The smallest absolute Gasteiger partial charge is 0.183 e. The highest BCUT2D eigenvalue weighted by molar-refractivity contribution is 7.92. The Hall–Kier alpha value is -0.580. The van der Waals surface area contributed by atoms with Crippen LogP contribution in [0.15, 0.2) is 23.1 Å². The van der Waals surface area contributed by atoms with Crippen molar-refractivity contribution in [2.24, 2.45) is 0 Å². The van der Waals surface area contributed by atoms with Gasteiger partial charge >= 0.3 is 0 Å². The minimum atomic E-state index is -3.18. The molecular formula is C10H12ClNO2S. The van der Waals surface area contributed by atoms with Gasteiger partial charge in [0.15, 0.2) is 9.84 Å². The molecule has 0 bridgehead atoms. The van der Waals surface area contributed by atoms with Gasteiger partial charge in [-0.3, -0.25) is 0 Å². The van der Waals surface area contributed by atoms with E-state index in [1.165, 1.54) is 0 Å². The lowest BCUT2D eigenvalue weighted by Gasteiger charge is -2.13. The van der Waals surface area contributed by atoms with Gasteiger partial charge in [0, 0.05) is 5.02 Å². The zero-order valence-electron chi connectivity index (χ0n) is 8.49. The molecule has 1 aliphatic heterocycles. The summed E-state index contributed by atoms with van der Waals surface area (Å²) >= 11 is 5.86. The van der Waals surface area contributed by atoms with E-state index in [1.807, 2.05) is 0 Å². The molecular weight excluding hydrogens is 234 g/mol. The highest BCUT2D eigenvalue weighted by atomic mass is 35.5. The number of hydrogen-bond acceptors (Lipinski definition) is 3. The average Bonchev–Trinajstić information content (AvgIpc) is 2.35. The Labute approximate surface area is 94.4 Å². The molecule has 15 heavy (non-hydrogen) atoms. The van der Waals surface area contributed by atoms with Crippen LogP contribution in [0.5, 0.6) is 0 Å². The predicted molar refractivity (Wildman–Crippen MR) is 59.9 cm³/mol. The van der Waals surface area contributed by atoms with Crippen LogP contribution in [0.4, 0.5) is 0 Å². The van der Waals surface area contributed by atoms with Crippen molar-refractivity contribution < 1.29 is 8.42 Å². The maximum Gasteiger partial charge on any atom is 0.183 e. The molecule has 2 atom stereocenters. The van der Waals surface area contributed by atoms with Crippen LogP contribution in [0, 0.1) is 0 Å². The monoisotopic (exact) mass is 245 g/mol. The Morgan fingerprint density at radius 2 is 2.07 bits per heavy atom. The van der Waals surface area contributed by atoms with Crippen LogP contribution >= 0.6 is 11.6 Å². The van der Waals surface area contributed by atoms with E-state index in [4.69, 9.17) is 11.6 Å². The number of nitrogens with one attached hydrogen (secondary N) is 1. The third kappa shape index (κ3) is 1.48. The van der Waals surface area contributed by atoms with Crippen LogP contribution in [-0.4, -0.2) is 20.7 Å². The molecule has 2 unspecified atom stereocenters. The normalized spacial score (nSPS) is 27.7. The minimum absolute atomic E-state index is 0.163. The second-order valence-electron chi connectivity index (χ2n) is 3.70. The Morgan fingerprint density at radius 1 is 1.40 bits per heavy atom. The molecule has 0 spiro atoms. The van der Waals surface area contributed by atoms with Crippen molar-refractivity contribution >= 4 is 21.4 Å².